The summed E-state index contributed by atoms with van der Waals surface area (Å²) in [6.07, 6.45) is 4.21. The minimum absolute atomic E-state index is 0.0216. The van der Waals surface area contributed by atoms with Gasteiger partial charge in [-0.2, -0.15) is 4.31 Å². The molecular formula is C23H24N2O5S. The van der Waals surface area contributed by atoms with Gasteiger partial charge in [-0.15, -0.1) is 0 Å². The lowest BCUT2D eigenvalue weighted by atomic mass is 10.1. The van der Waals surface area contributed by atoms with Crippen molar-refractivity contribution in [2.45, 2.75) is 43.7 Å². The molecule has 2 aromatic carbocycles. The molecule has 0 saturated carbocycles. The predicted molar refractivity (Wildman–Crippen MR) is 115 cm³/mol. The summed E-state index contributed by atoms with van der Waals surface area (Å²) in [6, 6.07) is 15.3. The second-order valence-corrected chi connectivity index (χ2v) is 9.46. The van der Waals surface area contributed by atoms with Gasteiger partial charge in [-0.25, -0.2) is 18.2 Å². The van der Waals surface area contributed by atoms with Crippen molar-refractivity contribution in [3.8, 4) is 11.5 Å². The van der Waals surface area contributed by atoms with Crippen LogP contribution >= 0.6 is 0 Å². The maximum absolute atomic E-state index is 12.9. The first-order valence-electron chi connectivity index (χ1n) is 10.2. The average molecular weight is 441 g/mol. The molecule has 7 nitrogen and oxygen atoms in total. The molecule has 3 aromatic rings. The first kappa shape index (κ1) is 21.3. The fourth-order valence-electron chi connectivity index (χ4n) is 3.64. The lowest BCUT2D eigenvalue weighted by Gasteiger charge is -2.32. The molecule has 0 amide bonds. The molecule has 8 heteroatoms. The molecule has 31 heavy (non-hydrogen) atoms. The molecule has 162 valence electrons. The number of sulfonamides is 1. The van der Waals surface area contributed by atoms with Gasteiger partial charge in [-0.3, -0.25) is 0 Å². The quantitative estimate of drug-likeness (QED) is 0.532. The number of benzene rings is 2. The maximum atomic E-state index is 12.9. The van der Waals surface area contributed by atoms with Gasteiger partial charge in [0.05, 0.1) is 10.5 Å². The van der Waals surface area contributed by atoms with Crippen molar-refractivity contribution in [1.82, 2.24) is 9.29 Å². The highest BCUT2D eigenvalue weighted by Gasteiger charge is 2.31. The monoisotopic (exact) mass is 440 g/mol. The Morgan fingerprint density at radius 3 is 2.58 bits per heavy atom. The molecule has 0 N–H and O–H groups in total. The third-order valence-electron chi connectivity index (χ3n) is 5.36. The molecule has 1 aliphatic heterocycles. The third-order valence-corrected chi connectivity index (χ3v) is 7.39. The Hall–Kier alpha value is -2.97. The molecule has 1 fully saturated rings. The summed E-state index contributed by atoms with van der Waals surface area (Å²) in [7, 11) is -3.57. The molecule has 4 rings (SSSR count). The Bertz CT molecular complexity index is 1140. The molecule has 0 radical (unpaired) electrons. The largest absolute Gasteiger partial charge is 0.455 e. The van der Waals surface area contributed by atoms with Crippen molar-refractivity contribution in [2.24, 2.45) is 0 Å². The van der Waals surface area contributed by atoms with E-state index in [4.69, 9.17) is 9.15 Å². The van der Waals surface area contributed by atoms with E-state index >= 15 is 0 Å². The van der Waals surface area contributed by atoms with Crippen molar-refractivity contribution < 1.29 is 22.4 Å². The topological polar surface area (TPSA) is 89.7 Å². The highest BCUT2D eigenvalue weighted by Crippen LogP contribution is 2.25. The third kappa shape index (κ3) is 4.70. The number of carbonyl (C=O) groups excluding carboxylic acids is 1. The summed E-state index contributed by atoms with van der Waals surface area (Å²) in [5.41, 5.74) is 1.60. The first-order chi connectivity index (χ1) is 14.9. The molecule has 2 heterocycles. The Balaban J connectivity index is 1.39. The fourth-order valence-corrected chi connectivity index (χ4v) is 5.34. The van der Waals surface area contributed by atoms with E-state index in [1.807, 2.05) is 37.3 Å². The SMILES string of the molecule is CC1CCCCN1S(=O)(=O)c1ccc(C(=O)OCc2coc(-c3ccccc3)n2)cc1. The number of piperidine rings is 1. The first-order valence-corrected chi connectivity index (χ1v) is 11.7. The smallest absolute Gasteiger partial charge is 0.338 e. The number of oxazole rings is 1. The Kier molecular flexibility index (Phi) is 6.20. The highest BCUT2D eigenvalue weighted by atomic mass is 32.2. The van der Waals surface area contributed by atoms with Gasteiger partial charge in [0.2, 0.25) is 15.9 Å². The van der Waals surface area contributed by atoms with Gasteiger partial charge >= 0.3 is 5.97 Å². The zero-order valence-electron chi connectivity index (χ0n) is 17.2. The number of carbonyl (C=O) groups is 1. The van der Waals surface area contributed by atoms with E-state index in [-0.39, 0.29) is 23.1 Å². The molecule has 1 aliphatic rings. The summed E-state index contributed by atoms with van der Waals surface area (Å²) in [6.45, 7) is 2.41. The van der Waals surface area contributed by atoms with Gasteiger partial charge in [-0.05, 0) is 56.2 Å². The number of esters is 1. The van der Waals surface area contributed by atoms with Crippen LogP contribution in [0.4, 0.5) is 0 Å². The van der Waals surface area contributed by atoms with Crippen LogP contribution in [0.3, 0.4) is 0 Å². The summed E-state index contributed by atoms with van der Waals surface area (Å²) in [5, 5.41) is 0. The number of hydrogen-bond acceptors (Lipinski definition) is 6. The van der Waals surface area contributed by atoms with Crippen LogP contribution in [0.2, 0.25) is 0 Å². The maximum Gasteiger partial charge on any atom is 0.338 e. The Morgan fingerprint density at radius 2 is 1.87 bits per heavy atom. The van der Waals surface area contributed by atoms with Gasteiger partial charge in [0.15, 0.2) is 0 Å². The van der Waals surface area contributed by atoms with E-state index < -0.39 is 16.0 Å². The van der Waals surface area contributed by atoms with Crippen LogP contribution in [0.1, 0.15) is 42.2 Å². The van der Waals surface area contributed by atoms with E-state index in [9.17, 15) is 13.2 Å². The number of rotatable bonds is 6. The number of ether oxygens (including phenoxy) is 1. The molecule has 1 saturated heterocycles. The summed E-state index contributed by atoms with van der Waals surface area (Å²) < 4.78 is 38.1. The molecule has 1 aromatic heterocycles. The van der Waals surface area contributed by atoms with Crippen LogP contribution in [0, 0.1) is 0 Å². The second-order valence-electron chi connectivity index (χ2n) is 7.57. The predicted octanol–water partition coefficient (Wildman–Crippen LogP) is 4.26. The zero-order valence-corrected chi connectivity index (χ0v) is 18.0. The van der Waals surface area contributed by atoms with Crippen LogP contribution in [-0.2, 0) is 21.4 Å². The van der Waals surface area contributed by atoms with Crippen molar-refractivity contribution >= 4 is 16.0 Å². The van der Waals surface area contributed by atoms with Crippen molar-refractivity contribution in [1.29, 1.82) is 0 Å². The van der Waals surface area contributed by atoms with E-state index in [1.54, 1.807) is 4.31 Å². The van der Waals surface area contributed by atoms with Crippen LogP contribution < -0.4 is 0 Å². The van der Waals surface area contributed by atoms with Crippen LogP contribution in [-0.4, -0.2) is 36.3 Å². The lowest BCUT2D eigenvalue weighted by Crippen LogP contribution is -2.41. The number of aromatic nitrogens is 1. The molecule has 0 bridgehead atoms. The Labute approximate surface area is 181 Å². The summed E-state index contributed by atoms with van der Waals surface area (Å²) >= 11 is 0. The molecule has 0 spiro atoms. The highest BCUT2D eigenvalue weighted by molar-refractivity contribution is 7.89. The molecular weight excluding hydrogens is 416 g/mol. The molecule has 1 unspecified atom stereocenters. The second kappa shape index (κ2) is 9.03. The standard InChI is InChI=1S/C23H24N2O5S/c1-17-7-5-6-14-25(17)31(27,28)21-12-10-19(11-13-21)23(26)30-16-20-15-29-22(24-20)18-8-3-2-4-9-18/h2-4,8-13,15,17H,5-7,14,16H2,1H3. The van der Waals surface area contributed by atoms with Crippen molar-refractivity contribution in [3.05, 3.63) is 72.1 Å². The minimum Gasteiger partial charge on any atom is -0.455 e. The minimum atomic E-state index is -3.57. The van der Waals surface area contributed by atoms with Gasteiger partial charge in [0.25, 0.3) is 0 Å². The molecule has 1 atom stereocenters. The molecule has 0 aliphatic carbocycles. The van der Waals surface area contributed by atoms with Crippen molar-refractivity contribution in [3.63, 3.8) is 0 Å². The van der Waals surface area contributed by atoms with E-state index in [0.717, 1.165) is 24.8 Å². The van der Waals surface area contributed by atoms with E-state index in [2.05, 4.69) is 4.98 Å². The van der Waals surface area contributed by atoms with Gasteiger partial charge in [0, 0.05) is 18.2 Å². The van der Waals surface area contributed by atoms with E-state index in [0.29, 0.717) is 18.1 Å². The lowest BCUT2D eigenvalue weighted by molar-refractivity contribution is 0.0467. The zero-order chi connectivity index (χ0) is 21.8. The van der Waals surface area contributed by atoms with Crippen LogP contribution in [0.15, 0.2) is 70.2 Å². The van der Waals surface area contributed by atoms with Gasteiger partial charge in [-0.1, -0.05) is 24.6 Å². The average Bonchev–Trinajstić information content (AvgIpc) is 3.27. The van der Waals surface area contributed by atoms with Crippen molar-refractivity contribution in [2.75, 3.05) is 6.54 Å². The van der Waals surface area contributed by atoms with E-state index in [1.165, 1.54) is 30.5 Å². The van der Waals surface area contributed by atoms with Crippen LogP contribution in [0.5, 0.6) is 0 Å². The number of hydrogen-bond donors (Lipinski definition) is 0. The van der Waals surface area contributed by atoms with Crippen LogP contribution in [0.25, 0.3) is 11.5 Å². The normalized spacial score (nSPS) is 17.4. The fraction of sp³-hybridized carbons (Fsp3) is 0.304. The van der Waals surface area contributed by atoms with Gasteiger partial charge < -0.3 is 9.15 Å². The summed E-state index contributed by atoms with van der Waals surface area (Å²) in [4.78, 5) is 16.9. The Morgan fingerprint density at radius 1 is 1.13 bits per heavy atom. The van der Waals surface area contributed by atoms with Gasteiger partial charge in [0.1, 0.15) is 18.6 Å². The number of nitrogens with zero attached hydrogens (tertiary/aromatic N) is 2. The summed E-state index contributed by atoms with van der Waals surface area (Å²) in [5.74, 6) is -0.104.